The van der Waals surface area contributed by atoms with E-state index in [4.69, 9.17) is 4.74 Å². The molecule has 2 amide bonds. The van der Waals surface area contributed by atoms with Crippen LogP contribution >= 0.6 is 0 Å². The number of benzene rings is 1. The number of hydrogen-bond donors (Lipinski definition) is 2. The monoisotopic (exact) mass is 315 g/mol. The van der Waals surface area contributed by atoms with Gasteiger partial charge in [0.2, 0.25) is 0 Å². The van der Waals surface area contributed by atoms with Crippen molar-refractivity contribution in [2.24, 2.45) is 0 Å². The third-order valence-electron chi connectivity index (χ3n) is 5.44. The molecule has 124 valence electrons. The first-order chi connectivity index (χ1) is 11.3. The Bertz CT molecular complexity index is 577. The van der Waals surface area contributed by atoms with Crippen LogP contribution in [-0.4, -0.2) is 42.7 Å². The molecule has 3 heterocycles. The highest BCUT2D eigenvalue weighted by Gasteiger charge is 2.36. The molecule has 3 atom stereocenters. The Labute approximate surface area is 137 Å². The molecule has 2 N–H and O–H groups in total. The standard InChI is InChI=1S/C18H25N3O2/c22-18(20-15-8-11-21-10-4-3-6-16(15)21)19-14-9-12-23-17-7-2-1-5-13(14)17/h1-2,5,7,14-16H,3-4,6,8-12H2,(H2,19,20,22)/t14-,15+,16+/m1/s1. The maximum atomic E-state index is 12.5. The van der Waals surface area contributed by atoms with Crippen LogP contribution < -0.4 is 15.4 Å². The maximum Gasteiger partial charge on any atom is 0.315 e. The second kappa shape index (κ2) is 6.40. The first-order valence-corrected chi connectivity index (χ1v) is 8.84. The Morgan fingerprint density at radius 3 is 2.96 bits per heavy atom. The number of hydrogen-bond acceptors (Lipinski definition) is 3. The first-order valence-electron chi connectivity index (χ1n) is 8.84. The Morgan fingerprint density at radius 1 is 1.09 bits per heavy atom. The molecule has 0 aromatic heterocycles. The number of para-hydroxylation sites is 1. The molecular weight excluding hydrogens is 290 g/mol. The third kappa shape index (κ3) is 3.02. The van der Waals surface area contributed by atoms with Crippen LogP contribution in [0.15, 0.2) is 24.3 Å². The summed E-state index contributed by atoms with van der Waals surface area (Å²) in [5, 5.41) is 6.37. The summed E-state index contributed by atoms with van der Waals surface area (Å²) in [6.45, 7) is 2.97. The van der Waals surface area contributed by atoms with E-state index in [9.17, 15) is 4.79 Å². The average Bonchev–Trinajstić information content (AvgIpc) is 2.98. The van der Waals surface area contributed by atoms with Crippen molar-refractivity contribution < 1.29 is 9.53 Å². The minimum absolute atomic E-state index is 0.0378. The van der Waals surface area contributed by atoms with Crippen LogP contribution in [0.25, 0.3) is 0 Å². The van der Waals surface area contributed by atoms with Crippen LogP contribution in [0.2, 0.25) is 0 Å². The maximum absolute atomic E-state index is 12.5. The SMILES string of the molecule is O=C(N[C@H]1CCN2CCCC[C@@H]12)N[C@@H]1CCOc2ccccc21. The van der Waals surface area contributed by atoms with Crippen molar-refractivity contribution in [3.05, 3.63) is 29.8 Å². The Balaban J connectivity index is 1.37. The zero-order valence-corrected chi connectivity index (χ0v) is 13.5. The van der Waals surface area contributed by atoms with Crippen molar-refractivity contribution in [2.75, 3.05) is 19.7 Å². The molecule has 0 bridgehead atoms. The molecule has 0 radical (unpaired) electrons. The number of carbonyl (C=O) groups excluding carboxylic acids is 1. The van der Waals surface area contributed by atoms with Crippen LogP contribution in [-0.2, 0) is 0 Å². The van der Waals surface area contributed by atoms with Gasteiger partial charge in [-0.2, -0.15) is 0 Å². The van der Waals surface area contributed by atoms with Gasteiger partial charge in [-0.15, -0.1) is 0 Å². The van der Waals surface area contributed by atoms with Gasteiger partial charge < -0.3 is 15.4 Å². The van der Waals surface area contributed by atoms with E-state index in [-0.39, 0.29) is 12.1 Å². The Kier molecular flexibility index (Phi) is 4.12. The van der Waals surface area contributed by atoms with Gasteiger partial charge >= 0.3 is 6.03 Å². The third-order valence-corrected chi connectivity index (χ3v) is 5.44. The molecule has 0 saturated carbocycles. The molecule has 0 spiro atoms. The second-order valence-electron chi connectivity index (χ2n) is 6.84. The van der Waals surface area contributed by atoms with Crippen LogP contribution in [0.4, 0.5) is 4.79 Å². The lowest BCUT2D eigenvalue weighted by Crippen LogP contribution is -2.50. The fraction of sp³-hybridized carbons (Fsp3) is 0.611. The first kappa shape index (κ1) is 14.8. The lowest BCUT2D eigenvalue weighted by Gasteiger charge is -2.33. The van der Waals surface area contributed by atoms with E-state index >= 15 is 0 Å². The highest BCUT2D eigenvalue weighted by molar-refractivity contribution is 5.75. The highest BCUT2D eigenvalue weighted by atomic mass is 16.5. The van der Waals surface area contributed by atoms with Gasteiger partial charge in [-0.25, -0.2) is 4.79 Å². The molecule has 1 aromatic carbocycles. The van der Waals surface area contributed by atoms with Crippen molar-refractivity contribution in [2.45, 2.75) is 50.2 Å². The van der Waals surface area contributed by atoms with E-state index in [1.54, 1.807) is 0 Å². The Morgan fingerprint density at radius 2 is 2.00 bits per heavy atom. The molecule has 5 nitrogen and oxygen atoms in total. The minimum atomic E-state index is -0.0378. The van der Waals surface area contributed by atoms with Gasteiger partial charge in [-0.3, -0.25) is 4.90 Å². The molecule has 2 fully saturated rings. The Hall–Kier alpha value is -1.75. The van der Waals surface area contributed by atoms with E-state index in [1.165, 1.54) is 25.8 Å². The van der Waals surface area contributed by atoms with Crippen molar-refractivity contribution in [1.82, 2.24) is 15.5 Å². The fourth-order valence-electron chi connectivity index (χ4n) is 4.28. The largest absolute Gasteiger partial charge is 0.493 e. The second-order valence-corrected chi connectivity index (χ2v) is 6.84. The van der Waals surface area contributed by atoms with Crippen molar-refractivity contribution in [3.8, 4) is 5.75 Å². The van der Waals surface area contributed by atoms with Crippen LogP contribution in [0.1, 0.15) is 43.7 Å². The number of nitrogens with zero attached hydrogens (tertiary/aromatic N) is 1. The van der Waals surface area contributed by atoms with E-state index < -0.39 is 0 Å². The minimum Gasteiger partial charge on any atom is -0.493 e. The smallest absolute Gasteiger partial charge is 0.315 e. The number of carbonyl (C=O) groups is 1. The normalized spacial score (nSPS) is 30.0. The lowest BCUT2D eigenvalue weighted by molar-refractivity contribution is 0.177. The summed E-state index contributed by atoms with van der Waals surface area (Å²) in [5.41, 5.74) is 1.08. The molecule has 5 heteroatoms. The van der Waals surface area contributed by atoms with E-state index in [0.29, 0.717) is 18.7 Å². The number of nitrogens with one attached hydrogen (secondary N) is 2. The highest BCUT2D eigenvalue weighted by Crippen LogP contribution is 2.31. The molecule has 3 aliphatic rings. The molecule has 2 saturated heterocycles. The summed E-state index contributed by atoms with van der Waals surface area (Å²) in [7, 11) is 0. The topological polar surface area (TPSA) is 53.6 Å². The zero-order chi connectivity index (χ0) is 15.6. The number of fused-ring (bicyclic) bond motifs is 2. The van der Waals surface area contributed by atoms with Gasteiger partial charge in [0.1, 0.15) is 5.75 Å². The molecule has 3 aliphatic heterocycles. The molecule has 1 aromatic rings. The summed E-state index contributed by atoms with van der Waals surface area (Å²) in [6.07, 6.45) is 5.70. The van der Waals surface area contributed by atoms with E-state index in [1.807, 2.05) is 24.3 Å². The van der Waals surface area contributed by atoms with Gasteiger partial charge in [-0.1, -0.05) is 24.6 Å². The summed E-state index contributed by atoms with van der Waals surface area (Å²) >= 11 is 0. The molecule has 4 rings (SSSR count). The van der Waals surface area contributed by atoms with Gasteiger partial charge in [0.25, 0.3) is 0 Å². The van der Waals surface area contributed by atoms with E-state index in [2.05, 4.69) is 15.5 Å². The molecule has 0 unspecified atom stereocenters. The zero-order valence-electron chi connectivity index (χ0n) is 13.5. The number of ether oxygens (including phenoxy) is 1. The van der Waals surface area contributed by atoms with Gasteiger partial charge in [-0.05, 0) is 31.9 Å². The number of urea groups is 1. The van der Waals surface area contributed by atoms with Crippen molar-refractivity contribution >= 4 is 6.03 Å². The van der Waals surface area contributed by atoms with Gasteiger partial charge in [0.05, 0.1) is 12.6 Å². The van der Waals surface area contributed by atoms with Crippen LogP contribution in [0, 0.1) is 0 Å². The summed E-state index contributed by atoms with van der Waals surface area (Å²) in [5.74, 6) is 0.892. The number of amides is 2. The van der Waals surface area contributed by atoms with Crippen molar-refractivity contribution in [3.63, 3.8) is 0 Å². The quantitative estimate of drug-likeness (QED) is 0.881. The van der Waals surface area contributed by atoms with E-state index in [0.717, 1.165) is 30.7 Å². The molecule has 0 aliphatic carbocycles. The van der Waals surface area contributed by atoms with Gasteiger partial charge in [0, 0.05) is 30.6 Å². The summed E-state index contributed by atoms with van der Waals surface area (Å²) < 4.78 is 5.66. The van der Waals surface area contributed by atoms with Crippen molar-refractivity contribution in [1.29, 1.82) is 0 Å². The predicted molar refractivity (Wildman–Crippen MR) is 88.6 cm³/mol. The summed E-state index contributed by atoms with van der Waals surface area (Å²) in [6, 6.07) is 8.82. The molecule has 23 heavy (non-hydrogen) atoms. The predicted octanol–water partition coefficient (Wildman–Crippen LogP) is 2.44. The van der Waals surface area contributed by atoms with Crippen LogP contribution in [0.3, 0.4) is 0 Å². The molecular formula is C18H25N3O2. The van der Waals surface area contributed by atoms with Crippen LogP contribution in [0.5, 0.6) is 5.75 Å². The van der Waals surface area contributed by atoms with Gasteiger partial charge in [0.15, 0.2) is 0 Å². The average molecular weight is 315 g/mol. The lowest BCUT2D eigenvalue weighted by atomic mass is 9.99. The summed E-state index contributed by atoms with van der Waals surface area (Å²) in [4.78, 5) is 15.0. The number of piperidine rings is 1. The fourth-order valence-corrected chi connectivity index (χ4v) is 4.28. The number of rotatable bonds is 2.